The molecule has 0 aromatic heterocycles. The monoisotopic (exact) mass is 353 g/mol. The van der Waals surface area contributed by atoms with Crippen molar-refractivity contribution in [1.29, 1.82) is 0 Å². The largest absolute Gasteiger partial charge is 0.481 e. The van der Waals surface area contributed by atoms with E-state index in [0.717, 1.165) is 0 Å². The number of hydrogen-bond acceptors (Lipinski definition) is 6. The van der Waals surface area contributed by atoms with Crippen LogP contribution in [0, 0.1) is 0 Å². The summed E-state index contributed by atoms with van der Waals surface area (Å²) >= 11 is 0. The van der Waals surface area contributed by atoms with Gasteiger partial charge in [-0.3, -0.25) is 19.2 Å². The van der Waals surface area contributed by atoms with Crippen molar-refractivity contribution in [3.8, 4) is 0 Å². The molecule has 0 saturated carbocycles. The van der Waals surface area contributed by atoms with Gasteiger partial charge in [-0.15, -0.1) is 0 Å². The SMILES string of the molecule is N[C@H](CCC(=O)O)C(=O)O.N[C@H](CCC(=O)O)C(=O)O.[Co]. The fourth-order valence-electron chi connectivity index (χ4n) is 0.805. The minimum absolute atomic E-state index is 0. The van der Waals surface area contributed by atoms with E-state index in [1.807, 2.05) is 0 Å². The molecule has 0 aliphatic rings. The van der Waals surface area contributed by atoms with Crippen molar-refractivity contribution in [3.63, 3.8) is 0 Å². The fraction of sp³-hybridized carbons (Fsp3) is 0.600. The van der Waals surface area contributed by atoms with Crippen LogP contribution in [0.4, 0.5) is 0 Å². The van der Waals surface area contributed by atoms with Gasteiger partial charge in [-0.1, -0.05) is 0 Å². The first-order valence-corrected chi connectivity index (χ1v) is 5.48. The minimum Gasteiger partial charge on any atom is -0.481 e. The molecule has 0 spiro atoms. The Kier molecular flexibility index (Phi) is 15.4. The maximum atomic E-state index is 9.99. The summed E-state index contributed by atoms with van der Waals surface area (Å²) in [5.41, 5.74) is 10.0. The molecule has 10 nitrogen and oxygen atoms in total. The van der Waals surface area contributed by atoms with Crippen molar-refractivity contribution < 1.29 is 56.4 Å². The summed E-state index contributed by atoms with van der Waals surface area (Å²) in [6.07, 6.45) is -0.448. The summed E-state index contributed by atoms with van der Waals surface area (Å²) in [7, 11) is 0. The smallest absolute Gasteiger partial charge is 0.320 e. The van der Waals surface area contributed by atoms with E-state index in [2.05, 4.69) is 0 Å². The van der Waals surface area contributed by atoms with Gasteiger partial charge in [0.1, 0.15) is 12.1 Å². The first kappa shape index (κ1) is 24.3. The Bertz CT molecular complexity index is 329. The molecule has 0 aromatic rings. The Morgan fingerprint density at radius 3 is 1.10 bits per heavy atom. The predicted octanol–water partition coefficient (Wildman–Crippen LogP) is -1.48. The Morgan fingerprint density at radius 1 is 0.714 bits per heavy atom. The zero-order valence-corrected chi connectivity index (χ0v) is 11.9. The van der Waals surface area contributed by atoms with Gasteiger partial charge in [-0.25, -0.2) is 0 Å². The Morgan fingerprint density at radius 2 is 0.952 bits per heavy atom. The van der Waals surface area contributed by atoms with Gasteiger partial charge in [0, 0.05) is 29.6 Å². The van der Waals surface area contributed by atoms with Crippen LogP contribution in [0.25, 0.3) is 0 Å². The van der Waals surface area contributed by atoms with Crippen LogP contribution in [0.3, 0.4) is 0 Å². The van der Waals surface area contributed by atoms with E-state index in [0.29, 0.717) is 0 Å². The van der Waals surface area contributed by atoms with Crippen LogP contribution in [0.15, 0.2) is 0 Å². The molecule has 0 bridgehead atoms. The van der Waals surface area contributed by atoms with E-state index in [1.54, 1.807) is 0 Å². The molecule has 0 amide bonds. The maximum absolute atomic E-state index is 9.99. The zero-order chi connectivity index (χ0) is 16.3. The molecule has 0 unspecified atom stereocenters. The Labute approximate surface area is 130 Å². The normalized spacial score (nSPS) is 11.9. The summed E-state index contributed by atoms with van der Waals surface area (Å²) in [4.78, 5) is 39.7. The molecule has 0 heterocycles. The van der Waals surface area contributed by atoms with E-state index in [1.165, 1.54) is 0 Å². The van der Waals surface area contributed by atoms with Crippen LogP contribution >= 0.6 is 0 Å². The number of hydrogen-bond donors (Lipinski definition) is 6. The third kappa shape index (κ3) is 18.3. The van der Waals surface area contributed by atoms with E-state index < -0.39 is 36.0 Å². The van der Waals surface area contributed by atoms with Crippen molar-refractivity contribution in [3.05, 3.63) is 0 Å². The zero-order valence-electron chi connectivity index (χ0n) is 10.9. The molecule has 0 aliphatic heterocycles. The minimum atomic E-state index is -1.17. The van der Waals surface area contributed by atoms with Crippen LogP contribution in [0.2, 0.25) is 0 Å². The van der Waals surface area contributed by atoms with Gasteiger partial charge in [-0.05, 0) is 12.8 Å². The first-order chi connectivity index (χ1) is 9.07. The van der Waals surface area contributed by atoms with E-state index in [9.17, 15) is 19.2 Å². The molecule has 8 N–H and O–H groups in total. The summed E-state index contributed by atoms with van der Waals surface area (Å²) in [6, 6.07) is -2.12. The molecule has 0 rings (SSSR count). The van der Waals surface area contributed by atoms with Gasteiger partial charge >= 0.3 is 23.9 Å². The number of carbonyl (C=O) groups is 4. The number of carboxylic acid groups (broad SMARTS) is 4. The van der Waals surface area contributed by atoms with Gasteiger partial charge in [0.15, 0.2) is 0 Å². The van der Waals surface area contributed by atoms with Gasteiger partial charge in [0.05, 0.1) is 0 Å². The van der Waals surface area contributed by atoms with Crippen LogP contribution in [-0.4, -0.2) is 56.4 Å². The number of carboxylic acids is 4. The van der Waals surface area contributed by atoms with E-state index >= 15 is 0 Å². The van der Waals surface area contributed by atoms with Crippen molar-refractivity contribution in [1.82, 2.24) is 0 Å². The van der Waals surface area contributed by atoms with Crippen molar-refractivity contribution in [2.75, 3.05) is 0 Å². The standard InChI is InChI=1S/2C5H9NO4.Co/c2*6-3(5(9)10)1-2-4(7)8;/h2*3H,1-2,6H2,(H,7,8)(H,9,10);/t2*3-;/m11./s1. The number of nitrogens with two attached hydrogens (primary N) is 2. The summed E-state index contributed by atoms with van der Waals surface area (Å²) in [5.74, 6) is -4.39. The van der Waals surface area contributed by atoms with Gasteiger partial charge in [-0.2, -0.15) is 0 Å². The van der Waals surface area contributed by atoms with Crippen molar-refractivity contribution in [2.24, 2.45) is 11.5 Å². The molecule has 0 aromatic carbocycles. The molecular weight excluding hydrogens is 335 g/mol. The quantitative estimate of drug-likeness (QED) is 0.299. The second kappa shape index (κ2) is 13.3. The average molecular weight is 353 g/mol. The van der Waals surface area contributed by atoms with Crippen LogP contribution < -0.4 is 11.5 Å². The van der Waals surface area contributed by atoms with Crippen molar-refractivity contribution in [2.45, 2.75) is 37.8 Å². The van der Waals surface area contributed by atoms with E-state index in [4.69, 9.17) is 31.9 Å². The molecule has 0 saturated heterocycles. The molecule has 0 aliphatic carbocycles. The topological polar surface area (TPSA) is 201 Å². The third-order valence-electron chi connectivity index (χ3n) is 1.97. The molecule has 21 heavy (non-hydrogen) atoms. The summed E-state index contributed by atoms with van der Waals surface area (Å²) < 4.78 is 0. The van der Waals surface area contributed by atoms with E-state index in [-0.39, 0.29) is 42.5 Å². The molecular formula is C10H18CoN2O8. The number of aliphatic carboxylic acids is 4. The Hall–Kier alpha value is -1.69. The fourth-order valence-corrected chi connectivity index (χ4v) is 0.805. The molecule has 0 fully saturated rings. The molecule has 2 atom stereocenters. The van der Waals surface area contributed by atoms with Crippen LogP contribution in [0.1, 0.15) is 25.7 Å². The average Bonchev–Trinajstić information content (AvgIpc) is 2.33. The Balaban J connectivity index is -0.000000295. The first-order valence-electron chi connectivity index (χ1n) is 5.48. The van der Waals surface area contributed by atoms with Crippen molar-refractivity contribution >= 4 is 23.9 Å². The second-order valence-electron chi connectivity index (χ2n) is 3.75. The van der Waals surface area contributed by atoms with Crippen LogP contribution in [0.5, 0.6) is 0 Å². The second-order valence-corrected chi connectivity index (χ2v) is 3.75. The predicted molar refractivity (Wildman–Crippen MR) is 65.0 cm³/mol. The maximum Gasteiger partial charge on any atom is 0.320 e. The molecule has 11 heteroatoms. The van der Waals surface area contributed by atoms with Crippen LogP contribution in [-0.2, 0) is 36.0 Å². The summed E-state index contributed by atoms with van der Waals surface area (Å²) in [6.45, 7) is 0. The molecule has 1 radical (unpaired) electrons. The van der Waals surface area contributed by atoms with Gasteiger partial charge in [0.25, 0.3) is 0 Å². The van der Waals surface area contributed by atoms with Gasteiger partial charge in [0.2, 0.25) is 0 Å². The number of rotatable bonds is 8. The third-order valence-corrected chi connectivity index (χ3v) is 1.97. The summed E-state index contributed by atoms with van der Waals surface area (Å²) in [5, 5.41) is 32.5. The van der Waals surface area contributed by atoms with Gasteiger partial charge < -0.3 is 31.9 Å². The molecule has 125 valence electrons.